The zero-order valence-electron chi connectivity index (χ0n) is 14.5. The average molecular weight is 388 g/mol. The fourth-order valence-electron chi connectivity index (χ4n) is 2.33. The van der Waals surface area contributed by atoms with Crippen LogP contribution in [-0.4, -0.2) is 38.2 Å². The first kappa shape index (κ1) is 20.1. The van der Waals surface area contributed by atoms with E-state index in [2.05, 4.69) is 4.98 Å². The first-order valence-electron chi connectivity index (χ1n) is 7.52. The summed E-state index contributed by atoms with van der Waals surface area (Å²) in [6.45, 7) is 1.38. The molecule has 2 aromatic rings. The number of nitro benzene ring substituents is 1. The lowest BCUT2D eigenvalue weighted by Crippen LogP contribution is -2.29. The van der Waals surface area contributed by atoms with Crippen LogP contribution >= 0.6 is 0 Å². The average Bonchev–Trinajstić information content (AvgIpc) is 2.65. The van der Waals surface area contributed by atoms with Crippen molar-refractivity contribution < 1.29 is 29.4 Å². The summed E-state index contributed by atoms with van der Waals surface area (Å²) in [5.41, 5.74) is -2.12. The van der Waals surface area contributed by atoms with E-state index in [0.717, 1.165) is 17.2 Å². The van der Waals surface area contributed by atoms with Crippen LogP contribution in [0.15, 0.2) is 30.1 Å². The third-order valence-corrected chi connectivity index (χ3v) is 3.90. The Kier molecular flexibility index (Phi) is 5.45. The van der Waals surface area contributed by atoms with Crippen molar-refractivity contribution in [3.63, 3.8) is 0 Å². The highest BCUT2D eigenvalue weighted by molar-refractivity contribution is 6.12. The van der Waals surface area contributed by atoms with Crippen molar-refractivity contribution in [2.75, 3.05) is 11.9 Å². The van der Waals surface area contributed by atoms with Crippen LogP contribution in [0.1, 0.15) is 11.1 Å². The Hall–Kier alpha value is -4.20. The Balaban J connectivity index is 2.58. The van der Waals surface area contributed by atoms with Crippen LogP contribution in [0.3, 0.4) is 0 Å². The molecule has 1 aromatic carbocycles. The number of aromatic hydroxyl groups is 2. The number of nitriles is 1. The molecule has 0 aliphatic rings. The molecule has 3 N–H and O–H groups in total. The normalized spacial score (nSPS) is 11.4. The predicted molar refractivity (Wildman–Crippen MR) is 93.9 cm³/mol. The van der Waals surface area contributed by atoms with E-state index in [1.807, 2.05) is 0 Å². The zero-order chi connectivity index (χ0) is 21.2. The largest absolute Gasteiger partial charge is 0.506 e. The number of amides is 1. The number of phenolic OH excluding ortho intramolecular Hbond substituents is 2. The third-order valence-electron chi connectivity index (χ3n) is 3.90. The number of nitro groups is 1. The maximum absolute atomic E-state index is 13.7. The number of likely N-dealkylation sites (N-methyl/N-ethyl adjacent to an activating group) is 1. The van der Waals surface area contributed by atoms with E-state index < -0.39 is 50.7 Å². The van der Waals surface area contributed by atoms with Gasteiger partial charge < -0.3 is 20.2 Å². The second kappa shape index (κ2) is 7.58. The summed E-state index contributed by atoms with van der Waals surface area (Å²) in [5.74, 6) is -4.68. The molecule has 11 heteroatoms. The molecule has 1 aromatic heterocycles. The number of anilines is 1. The van der Waals surface area contributed by atoms with E-state index in [1.165, 1.54) is 26.2 Å². The Morgan fingerprint density at radius 1 is 1.36 bits per heavy atom. The third kappa shape index (κ3) is 3.51. The lowest BCUT2D eigenvalue weighted by atomic mass is 10.1. The van der Waals surface area contributed by atoms with Gasteiger partial charge in [0.25, 0.3) is 5.91 Å². The van der Waals surface area contributed by atoms with Gasteiger partial charge in [-0.3, -0.25) is 19.9 Å². The number of aromatic nitrogens is 1. The lowest BCUT2D eigenvalue weighted by molar-refractivity contribution is -0.386. The molecule has 2 rings (SSSR count). The first-order valence-corrected chi connectivity index (χ1v) is 7.52. The van der Waals surface area contributed by atoms with Gasteiger partial charge in [-0.1, -0.05) is 0 Å². The van der Waals surface area contributed by atoms with Gasteiger partial charge in [0, 0.05) is 24.2 Å². The van der Waals surface area contributed by atoms with Crippen molar-refractivity contribution in [2.24, 2.45) is 0 Å². The summed E-state index contributed by atoms with van der Waals surface area (Å²) < 4.78 is 13.7. The number of pyridine rings is 1. The van der Waals surface area contributed by atoms with Crippen molar-refractivity contribution in [3.05, 3.63) is 57.2 Å². The number of rotatable bonds is 4. The van der Waals surface area contributed by atoms with Crippen molar-refractivity contribution in [1.82, 2.24) is 4.98 Å². The van der Waals surface area contributed by atoms with Gasteiger partial charge in [-0.2, -0.15) is 5.26 Å². The van der Waals surface area contributed by atoms with Crippen LogP contribution in [-0.2, 0) is 4.79 Å². The summed E-state index contributed by atoms with van der Waals surface area (Å²) in [6.07, 6.45) is 2.12. The Bertz CT molecular complexity index is 1060. The van der Waals surface area contributed by atoms with E-state index in [9.17, 15) is 39.9 Å². The first-order chi connectivity index (χ1) is 13.1. The molecule has 1 amide bonds. The highest BCUT2D eigenvalue weighted by Crippen LogP contribution is 2.38. The summed E-state index contributed by atoms with van der Waals surface area (Å²) in [5, 5.41) is 49.6. The van der Waals surface area contributed by atoms with Crippen LogP contribution in [0.25, 0.3) is 5.76 Å². The van der Waals surface area contributed by atoms with Crippen molar-refractivity contribution in [2.45, 2.75) is 6.92 Å². The highest BCUT2D eigenvalue weighted by atomic mass is 19.1. The molecule has 0 saturated carbocycles. The molecule has 28 heavy (non-hydrogen) atoms. The van der Waals surface area contributed by atoms with Gasteiger partial charge in [0.1, 0.15) is 17.6 Å². The van der Waals surface area contributed by atoms with Gasteiger partial charge >= 0.3 is 5.69 Å². The van der Waals surface area contributed by atoms with Gasteiger partial charge in [0.2, 0.25) is 5.75 Å². The van der Waals surface area contributed by atoms with E-state index in [-0.39, 0.29) is 11.3 Å². The van der Waals surface area contributed by atoms with Gasteiger partial charge in [-0.15, -0.1) is 0 Å². The van der Waals surface area contributed by atoms with Crippen molar-refractivity contribution in [1.29, 1.82) is 5.26 Å². The predicted octanol–water partition coefficient (Wildman–Crippen LogP) is 2.30. The van der Waals surface area contributed by atoms with Crippen LogP contribution in [0.4, 0.5) is 15.8 Å². The van der Waals surface area contributed by atoms with Gasteiger partial charge in [0.05, 0.1) is 23.0 Å². The monoisotopic (exact) mass is 388 g/mol. The second-order valence-corrected chi connectivity index (χ2v) is 5.59. The molecule has 0 aliphatic carbocycles. The Morgan fingerprint density at radius 2 is 2.00 bits per heavy atom. The van der Waals surface area contributed by atoms with E-state index in [4.69, 9.17) is 0 Å². The number of phenols is 2. The maximum Gasteiger partial charge on any atom is 0.315 e. The molecule has 1 heterocycles. The number of halogens is 1. The topological polar surface area (TPSA) is 161 Å². The van der Waals surface area contributed by atoms with Gasteiger partial charge in [-0.25, -0.2) is 4.39 Å². The van der Waals surface area contributed by atoms with Crippen LogP contribution < -0.4 is 4.90 Å². The smallest absolute Gasteiger partial charge is 0.315 e. The van der Waals surface area contributed by atoms with Crippen molar-refractivity contribution >= 4 is 23.0 Å². The molecule has 0 fully saturated rings. The van der Waals surface area contributed by atoms with E-state index >= 15 is 0 Å². The number of hydrogen-bond acceptors (Lipinski definition) is 8. The summed E-state index contributed by atoms with van der Waals surface area (Å²) >= 11 is 0. The number of carbonyl (C=O) groups excluding carboxylic acids is 1. The number of benzene rings is 1. The minimum atomic E-state index is -1.05. The number of aliphatic hydroxyl groups excluding tert-OH is 1. The summed E-state index contributed by atoms with van der Waals surface area (Å²) in [4.78, 5) is 27.0. The molecular formula is C17H13FN4O6. The van der Waals surface area contributed by atoms with E-state index in [0.29, 0.717) is 6.07 Å². The molecular weight excluding hydrogens is 375 g/mol. The van der Waals surface area contributed by atoms with Crippen LogP contribution in [0, 0.1) is 34.2 Å². The standard InChI is InChI=1S/C17H13FN4O6/c1-8-11(18)6-20-7-13(8)21(2)17(26)10(5-19)15(24)9-3-12(22(27)28)16(25)14(23)4-9/h3-4,6-7,23-25H,1-2H3/b15-10-. The summed E-state index contributed by atoms with van der Waals surface area (Å²) in [6, 6.07) is 2.91. The number of nitrogens with zero attached hydrogens (tertiary/aromatic N) is 4. The minimum absolute atomic E-state index is 0.0325. The molecule has 144 valence electrons. The quantitative estimate of drug-likeness (QED) is 0.179. The number of aliphatic hydroxyl groups is 1. The van der Waals surface area contributed by atoms with Gasteiger partial charge in [-0.05, 0) is 13.0 Å². The molecule has 0 spiro atoms. The molecule has 0 atom stereocenters. The second-order valence-electron chi connectivity index (χ2n) is 5.59. The highest BCUT2D eigenvalue weighted by Gasteiger charge is 2.26. The lowest BCUT2D eigenvalue weighted by Gasteiger charge is -2.19. The fourth-order valence-corrected chi connectivity index (χ4v) is 2.33. The molecule has 10 nitrogen and oxygen atoms in total. The molecule has 0 radical (unpaired) electrons. The maximum atomic E-state index is 13.7. The molecule has 0 saturated heterocycles. The number of carbonyl (C=O) groups is 1. The summed E-state index contributed by atoms with van der Waals surface area (Å²) in [7, 11) is 1.22. The Labute approximate surface area is 157 Å². The van der Waals surface area contributed by atoms with Crippen LogP contribution in [0.2, 0.25) is 0 Å². The SMILES string of the molecule is Cc1c(F)cncc1N(C)C(=O)/C(C#N)=C(\O)c1cc(O)c(O)c([N+](=O)[O-])c1. The molecule has 0 aliphatic heterocycles. The van der Waals surface area contributed by atoms with E-state index in [1.54, 1.807) is 0 Å². The number of hydrogen-bond donors (Lipinski definition) is 3. The molecule has 0 bridgehead atoms. The fraction of sp³-hybridized carbons (Fsp3) is 0.118. The zero-order valence-corrected chi connectivity index (χ0v) is 14.5. The van der Waals surface area contributed by atoms with Crippen molar-refractivity contribution in [3.8, 4) is 17.6 Å². The van der Waals surface area contributed by atoms with Gasteiger partial charge in [0.15, 0.2) is 11.3 Å². The molecule has 0 unspecified atom stereocenters. The minimum Gasteiger partial charge on any atom is -0.506 e. The van der Waals surface area contributed by atoms with Crippen LogP contribution in [0.5, 0.6) is 11.5 Å². The Morgan fingerprint density at radius 3 is 2.57 bits per heavy atom.